The highest BCUT2D eigenvalue weighted by molar-refractivity contribution is 5.85. The molecule has 2 aliphatic heterocycles. The van der Waals surface area contributed by atoms with Gasteiger partial charge in [-0.15, -0.1) is 24.8 Å². The molecule has 6 rings (SSSR count). The number of phenols is 1. The highest BCUT2D eigenvalue weighted by Crippen LogP contribution is 2.57. The van der Waals surface area contributed by atoms with Gasteiger partial charge in [0.2, 0.25) is 12.5 Å². The highest BCUT2D eigenvalue weighted by Gasteiger charge is 2.52. The average Bonchev–Trinajstić information content (AvgIpc) is 3.57. The standard InChI is InChI=1S/C30H32N2O7.2ClH/c1-32(14-18-6-4-5-8-31-18)9-7-19-20-12-23-24(39-16-38-23)13-21(20)27(28-22(19)15-37-30(28)34)17-10-25(35-2)29(33)26(11-17)36-3;;/h4-6,8,10-13,19,22,27-28,33H,7,9,14-16H2,1-3H3;2*1H/t19-,22?,27-,28+;;/m1../s1. The van der Waals surface area contributed by atoms with Gasteiger partial charge in [-0.3, -0.25) is 9.78 Å². The second-order valence-corrected chi connectivity index (χ2v) is 10.4. The fraction of sp³-hybridized carbons (Fsp3) is 0.400. The summed E-state index contributed by atoms with van der Waals surface area (Å²) >= 11 is 0. The maximum absolute atomic E-state index is 13.3. The van der Waals surface area contributed by atoms with Crippen molar-refractivity contribution in [2.24, 2.45) is 11.8 Å². The molecule has 3 aromatic rings. The number of hydrogen-bond donors (Lipinski definition) is 1. The Bertz CT molecular complexity index is 1370. The monoisotopic (exact) mass is 604 g/mol. The number of nitrogens with zero attached hydrogens (tertiary/aromatic N) is 2. The number of aromatic hydroxyl groups is 1. The van der Waals surface area contributed by atoms with Crippen molar-refractivity contribution in [1.29, 1.82) is 0 Å². The van der Waals surface area contributed by atoms with E-state index < -0.39 is 5.92 Å². The van der Waals surface area contributed by atoms with Gasteiger partial charge in [-0.05, 0) is 79.0 Å². The first-order valence-electron chi connectivity index (χ1n) is 13.1. The number of esters is 1. The molecule has 41 heavy (non-hydrogen) atoms. The Balaban J connectivity index is 0.00000194. The maximum Gasteiger partial charge on any atom is 0.310 e. The smallest absolute Gasteiger partial charge is 0.310 e. The van der Waals surface area contributed by atoms with Gasteiger partial charge in [0.15, 0.2) is 23.0 Å². The number of aromatic nitrogens is 1. The van der Waals surface area contributed by atoms with Gasteiger partial charge in [-0.2, -0.15) is 0 Å². The minimum Gasteiger partial charge on any atom is -0.502 e. The van der Waals surface area contributed by atoms with Crippen LogP contribution in [0.15, 0.2) is 48.7 Å². The molecule has 1 fully saturated rings. The molecule has 0 amide bonds. The molecule has 220 valence electrons. The van der Waals surface area contributed by atoms with E-state index in [-0.39, 0.29) is 72.6 Å². The fourth-order valence-electron chi connectivity index (χ4n) is 6.35. The lowest BCUT2D eigenvalue weighted by Crippen LogP contribution is -2.36. The van der Waals surface area contributed by atoms with E-state index in [1.807, 2.05) is 30.5 Å². The van der Waals surface area contributed by atoms with E-state index in [1.165, 1.54) is 14.2 Å². The van der Waals surface area contributed by atoms with Gasteiger partial charge in [0.1, 0.15) is 0 Å². The fourth-order valence-corrected chi connectivity index (χ4v) is 6.35. The number of carbonyl (C=O) groups is 1. The summed E-state index contributed by atoms with van der Waals surface area (Å²) in [6.07, 6.45) is 2.64. The Kier molecular flexibility index (Phi) is 9.41. The molecule has 3 heterocycles. The van der Waals surface area contributed by atoms with Crippen LogP contribution in [0.2, 0.25) is 0 Å². The molecular weight excluding hydrogens is 571 g/mol. The minimum atomic E-state index is -0.400. The number of hydrogen-bond acceptors (Lipinski definition) is 9. The normalized spacial score (nSPS) is 21.7. The van der Waals surface area contributed by atoms with E-state index in [2.05, 4.69) is 23.0 Å². The van der Waals surface area contributed by atoms with Crippen molar-refractivity contribution in [3.8, 4) is 28.7 Å². The van der Waals surface area contributed by atoms with Gasteiger partial charge >= 0.3 is 5.97 Å². The molecule has 1 aliphatic carbocycles. The summed E-state index contributed by atoms with van der Waals surface area (Å²) in [5.41, 5.74) is 3.94. The number of halogens is 2. The van der Waals surface area contributed by atoms with Crippen LogP contribution in [0, 0.1) is 11.8 Å². The topological polar surface area (TPSA) is 99.6 Å². The maximum atomic E-state index is 13.3. The highest BCUT2D eigenvalue weighted by atomic mass is 35.5. The third-order valence-corrected chi connectivity index (χ3v) is 8.18. The Morgan fingerprint density at radius 3 is 2.32 bits per heavy atom. The molecular formula is C30H34Cl2N2O7. The lowest BCUT2D eigenvalue weighted by Gasteiger charge is -2.40. The number of phenolic OH excluding ortho intramolecular Hbond substituents is 1. The van der Waals surface area contributed by atoms with E-state index in [9.17, 15) is 9.90 Å². The van der Waals surface area contributed by atoms with Crippen molar-refractivity contribution in [2.75, 3.05) is 41.2 Å². The van der Waals surface area contributed by atoms with Gasteiger partial charge in [0.05, 0.1) is 32.4 Å². The van der Waals surface area contributed by atoms with Crippen LogP contribution in [0.3, 0.4) is 0 Å². The van der Waals surface area contributed by atoms with E-state index in [4.69, 9.17) is 23.7 Å². The van der Waals surface area contributed by atoms with Crippen LogP contribution >= 0.6 is 24.8 Å². The molecule has 1 aromatic heterocycles. The summed E-state index contributed by atoms with van der Waals surface area (Å²) in [5, 5.41) is 10.6. The Morgan fingerprint density at radius 2 is 1.68 bits per heavy atom. The largest absolute Gasteiger partial charge is 0.502 e. The first kappa shape index (κ1) is 30.6. The number of cyclic esters (lactones) is 1. The molecule has 11 heteroatoms. The van der Waals surface area contributed by atoms with Crippen LogP contribution in [0.25, 0.3) is 0 Å². The number of rotatable bonds is 8. The van der Waals surface area contributed by atoms with Crippen LogP contribution in [0.1, 0.15) is 40.6 Å². The minimum absolute atomic E-state index is 0. The zero-order valence-corrected chi connectivity index (χ0v) is 24.7. The van der Waals surface area contributed by atoms with E-state index in [1.54, 1.807) is 12.1 Å². The third kappa shape index (κ3) is 5.58. The molecule has 0 spiro atoms. The second-order valence-electron chi connectivity index (χ2n) is 10.4. The van der Waals surface area contributed by atoms with Crippen molar-refractivity contribution in [3.05, 3.63) is 71.0 Å². The number of fused-ring (bicyclic) bond motifs is 3. The number of ether oxygens (including phenoxy) is 5. The molecule has 0 saturated carbocycles. The summed E-state index contributed by atoms with van der Waals surface area (Å²) in [6.45, 7) is 2.07. The molecule has 2 aromatic carbocycles. The van der Waals surface area contributed by atoms with Crippen molar-refractivity contribution >= 4 is 30.8 Å². The van der Waals surface area contributed by atoms with Crippen LogP contribution in [-0.4, -0.2) is 62.2 Å². The number of benzene rings is 2. The summed E-state index contributed by atoms with van der Waals surface area (Å²) in [5.74, 6) is 0.967. The first-order valence-corrected chi connectivity index (χ1v) is 13.1. The van der Waals surface area contributed by atoms with Crippen LogP contribution < -0.4 is 18.9 Å². The number of pyridine rings is 1. The predicted octanol–water partition coefficient (Wildman–Crippen LogP) is 4.92. The lowest BCUT2D eigenvalue weighted by atomic mass is 9.62. The van der Waals surface area contributed by atoms with Crippen molar-refractivity contribution < 1.29 is 33.6 Å². The Labute approximate surface area is 251 Å². The van der Waals surface area contributed by atoms with Crippen LogP contribution in [0.4, 0.5) is 0 Å². The average molecular weight is 606 g/mol. The Morgan fingerprint density at radius 1 is 1.00 bits per heavy atom. The second kappa shape index (κ2) is 12.6. The lowest BCUT2D eigenvalue weighted by molar-refractivity contribution is -0.141. The molecule has 4 atom stereocenters. The number of carbonyl (C=O) groups excluding carboxylic acids is 1. The first-order chi connectivity index (χ1) is 19.0. The molecule has 3 aliphatic rings. The molecule has 1 unspecified atom stereocenters. The summed E-state index contributed by atoms with van der Waals surface area (Å²) < 4.78 is 28.1. The predicted molar refractivity (Wildman–Crippen MR) is 156 cm³/mol. The van der Waals surface area contributed by atoms with Gasteiger partial charge in [0, 0.05) is 24.6 Å². The SMILES string of the molecule is COc1cc([C@@H]2c3cc4c(cc3[C@@H](CCN(C)Cc3ccccn3)C3COC(=O)[C@@H]32)OCO4)cc(OC)c1O.Cl.Cl. The molecule has 0 radical (unpaired) electrons. The summed E-state index contributed by atoms with van der Waals surface area (Å²) in [4.78, 5) is 20.0. The van der Waals surface area contributed by atoms with E-state index in [0.29, 0.717) is 18.1 Å². The van der Waals surface area contributed by atoms with Crippen molar-refractivity contribution in [3.63, 3.8) is 0 Å². The quantitative estimate of drug-likeness (QED) is 0.359. The summed E-state index contributed by atoms with van der Waals surface area (Å²) in [6, 6.07) is 13.6. The van der Waals surface area contributed by atoms with E-state index >= 15 is 0 Å². The summed E-state index contributed by atoms with van der Waals surface area (Å²) in [7, 11) is 5.08. The number of methoxy groups -OCH3 is 2. The molecule has 1 N–H and O–H groups in total. The van der Waals surface area contributed by atoms with Crippen LogP contribution in [-0.2, 0) is 16.1 Å². The zero-order valence-electron chi connectivity index (χ0n) is 23.1. The van der Waals surface area contributed by atoms with E-state index in [0.717, 1.165) is 41.9 Å². The Hall–Kier alpha value is -3.40. The van der Waals surface area contributed by atoms with Gasteiger partial charge in [-0.25, -0.2) is 0 Å². The van der Waals surface area contributed by atoms with Gasteiger partial charge in [-0.1, -0.05) is 6.07 Å². The van der Waals surface area contributed by atoms with Crippen molar-refractivity contribution in [2.45, 2.75) is 24.8 Å². The molecule has 0 bridgehead atoms. The zero-order chi connectivity index (χ0) is 27.1. The third-order valence-electron chi connectivity index (χ3n) is 8.18. The van der Waals surface area contributed by atoms with Crippen LogP contribution in [0.5, 0.6) is 28.7 Å². The molecule has 1 saturated heterocycles. The van der Waals surface area contributed by atoms with Crippen molar-refractivity contribution in [1.82, 2.24) is 9.88 Å². The molecule has 9 nitrogen and oxygen atoms in total. The van der Waals surface area contributed by atoms with Gasteiger partial charge in [0.25, 0.3) is 0 Å². The van der Waals surface area contributed by atoms with Gasteiger partial charge < -0.3 is 33.7 Å².